The Morgan fingerprint density at radius 2 is 2.14 bits per heavy atom. The number of hydrogen-bond donors (Lipinski definition) is 2. The van der Waals surface area contributed by atoms with E-state index < -0.39 is 17.8 Å². The molecule has 29 heavy (non-hydrogen) atoms. The van der Waals surface area contributed by atoms with E-state index in [-0.39, 0.29) is 16.9 Å². The van der Waals surface area contributed by atoms with Crippen molar-refractivity contribution in [3.05, 3.63) is 46.0 Å². The molecule has 0 aliphatic heterocycles. The molecule has 1 saturated carbocycles. The Hall–Kier alpha value is -2.21. The van der Waals surface area contributed by atoms with Crippen molar-refractivity contribution in [1.29, 1.82) is 0 Å². The smallest absolute Gasteiger partial charge is 0.251 e. The number of rotatable bonds is 4. The van der Waals surface area contributed by atoms with Crippen molar-refractivity contribution in [2.75, 3.05) is 0 Å². The average Bonchev–Trinajstić information content (AvgIpc) is 3.16. The first-order valence-corrected chi connectivity index (χ1v) is 10.5. The van der Waals surface area contributed by atoms with Crippen molar-refractivity contribution >= 4 is 5.91 Å². The second kappa shape index (κ2) is 7.24. The number of primary amides is 1. The van der Waals surface area contributed by atoms with Crippen molar-refractivity contribution < 1.29 is 14.3 Å². The van der Waals surface area contributed by atoms with E-state index in [0.717, 1.165) is 49.9 Å². The fraction of sp³-hybridized carbons (Fsp3) is 0.565. The number of aromatic nitrogens is 2. The van der Waals surface area contributed by atoms with Gasteiger partial charge in [0.25, 0.3) is 5.91 Å². The molecule has 2 atom stereocenters. The zero-order valence-corrected chi connectivity index (χ0v) is 17.5. The Labute approximate surface area is 171 Å². The van der Waals surface area contributed by atoms with Crippen molar-refractivity contribution in [2.45, 2.75) is 71.8 Å². The highest BCUT2D eigenvalue weighted by atomic mass is 19.1. The highest BCUT2D eigenvalue weighted by molar-refractivity contribution is 5.95. The second-order valence-corrected chi connectivity index (χ2v) is 9.55. The largest absolute Gasteiger partial charge is 0.393 e. The van der Waals surface area contributed by atoms with Crippen molar-refractivity contribution in [2.24, 2.45) is 17.1 Å². The van der Waals surface area contributed by atoms with Crippen LogP contribution in [0.4, 0.5) is 4.39 Å². The summed E-state index contributed by atoms with van der Waals surface area (Å²) in [5.41, 5.74) is 10.1. The van der Waals surface area contributed by atoms with Crippen LogP contribution in [-0.4, -0.2) is 26.9 Å². The van der Waals surface area contributed by atoms with Crippen LogP contribution in [0, 0.1) is 24.1 Å². The van der Waals surface area contributed by atoms with E-state index in [4.69, 9.17) is 10.8 Å². The lowest BCUT2D eigenvalue weighted by molar-refractivity contribution is 0.0993. The van der Waals surface area contributed by atoms with Crippen LogP contribution in [0.2, 0.25) is 0 Å². The number of carbonyl (C=O) groups excluding carboxylic acids is 1. The van der Waals surface area contributed by atoms with E-state index in [1.165, 1.54) is 11.6 Å². The Balaban J connectivity index is 1.81. The van der Waals surface area contributed by atoms with E-state index in [0.29, 0.717) is 17.7 Å². The number of nitrogens with two attached hydrogens (primary N) is 1. The predicted octanol–water partition coefficient (Wildman–Crippen LogP) is 3.64. The summed E-state index contributed by atoms with van der Waals surface area (Å²) in [6.45, 7) is 6.48. The van der Waals surface area contributed by atoms with Crippen molar-refractivity contribution in [3.63, 3.8) is 0 Å². The lowest BCUT2D eigenvalue weighted by Gasteiger charge is -2.30. The van der Waals surface area contributed by atoms with Gasteiger partial charge in [0.2, 0.25) is 0 Å². The molecule has 1 fully saturated rings. The van der Waals surface area contributed by atoms with E-state index in [2.05, 4.69) is 13.8 Å². The van der Waals surface area contributed by atoms with Crippen molar-refractivity contribution in [1.82, 2.24) is 9.78 Å². The summed E-state index contributed by atoms with van der Waals surface area (Å²) >= 11 is 0. The summed E-state index contributed by atoms with van der Waals surface area (Å²) in [5, 5.41) is 14.9. The topological polar surface area (TPSA) is 81.1 Å². The fourth-order valence-electron chi connectivity index (χ4n) is 5.08. The van der Waals surface area contributed by atoms with Crippen LogP contribution in [0.3, 0.4) is 0 Å². The quantitative estimate of drug-likeness (QED) is 0.824. The third-order valence-electron chi connectivity index (χ3n) is 6.74. The highest BCUT2D eigenvalue weighted by Gasteiger charge is 2.32. The van der Waals surface area contributed by atoms with Crippen LogP contribution in [0.5, 0.6) is 0 Å². The van der Waals surface area contributed by atoms with Gasteiger partial charge >= 0.3 is 0 Å². The Morgan fingerprint density at radius 3 is 2.79 bits per heavy atom. The van der Waals surface area contributed by atoms with Gasteiger partial charge in [-0.1, -0.05) is 20.3 Å². The molecule has 6 heteroatoms. The van der Waals surface area contributed by atoms with Crippen LogP contribution >= 0.6 is 0 Å². The maximum absolute atomic E-state index is 15.0. The average molecular weight is 400 g/mol. The molecule has 4 rings (SSSR count). The van der Waals surface area contributed by atoms with Gasteiger partial charge in [-0.2, -0.15) is 5.10 Å². The molecule has 1 amide bonds. The van der Waals surface area contributed by atoms with Gasteiger partial charge in [-0.05, 0) is 74.0 Å². The van der Waals surface area contributed by atoms with Crippen LogP contribution in [0.15, 0.2) is 12.1 Å². The molecule has 1 aromatic heterocycles. The van der Waals surface area contributed by atoms with Crippen LogP contribution in [0.25, 0.3) is 5.69 Å². The molecule has 5 nitrogen and oxygen atoms in total. The number of hydrogen-bond acceptors (Lipinski definition) is 3. The monoisotopic (exact) mass is 399 g/mol. The normalized spacial score (nSPS) is 23.2. The minimum atomic E-state index is -0.767. The molecule has 1 heterocycles. The lowest BCUT2D eigenvalue weighted by Crippen LogP contribution is -2.24. The number of carbonyl (C=O) groups is 1. The summed E-state index contributed by atoms with van der Waals surface area (Å²) in [4.78, 5) is 12.0. The molecule has 2 aliphatic rings. The lowest BCUT2D eigenvalue weighted by atomic mass is 9.76. The second-order valence-electron chi connectivity index (χ2n) is 9.55. The predicted molar refractivity (Wildman–Crippen MR) is 110 cm³/mol. The zero-order chi connectivity index (χ0) is 20.9. The van der Waals surface area contributed by atoms with Crippen LogP contribution in [-0.2, 0) is 19.3 Å². The Kier molecular flexibility index (Phi) is 5.01. The maximum Gasteiger partial charge on any atom is 0.251 e. The van der Waals surface area contributed by atoms with Crippen LogP contribution in [0.1, 0.15) is 72.4 Å². The summed E-state index contributed by atoms with van der Waals surface area (Å²) in [6.07, 6.45) is 5.54. The summed E-state index contributed by atoms with van der Waals surface area (Å²) < 4.78 is 16.8. The van der Waals surface area contributed by atoms with E-state index >= 15 is 4.39 Å². The summed E-state index contributed by atoms with van der Waals surface area (Å²) in [5.74, 6) is -1.36. The van der Waals surface area contributed by atoms with E-state index in [9.17, 15) is 9.90 Å². The molecule has 0 unspecified atom stereocenters. The van der Waals surface area contributed by atoms with Gasteiger partial charge in [-0.15, -0.1) is 0 Å². The number of aliphatic hydroxyl groups is 1. The highest BCUT2D eigenvalue weighted by Crippen LogP contribution is 2.38. The molecule has 3 N–H and O–H groups in total. The minimum Gasteiger partial charge on any atom is -0.393 e. The van der Waals surface area contributed by atoms with E-state index in [1.807, 2.05) is 17.7 Å². The molecule has 2 aliphatic carbocycles. The molecule has 2 aromatic rings. The van der Waals surface area contributed by atoms with Crippen molar-refractivity contribution in [3.8, 4) is 5.69 Å². The number of aryl methyl sites for hydroxylation is 1. The van der Waals surface area contributed by atoms with Gasteiger partial charge in [0, 0.05) is 11.8 Å². The summed E-state index contributed by atoms with van der Waals surface area (Å²) in [7, 11) is 0. The zero-order valence-electron chi connectivity index (χ0n) is 17.5. The Morgan fingerprint density at radius 1 is 1.38 bits per heavy atom. The third-order valence-corrected chi connectivity index (χ3v) is 6.74. The first-order valence-electron chi connectivity index (χ1n) is 10.5. The first kappa shape index (κ1) is 20.1. The van der Waals surface area contributed by atoms with Gasteiger partial charge < -0.3 is 10.8 Å². The summed E-state index contributed by atoms with van der Waals surface area (Å²) in [6, 6.07) is 3.20. The number of nitrogens with zero attached hydrogens (tertiary/aromatic N) is 2. The molecule has 0 saturated heterocycles. The Bertz CT molecular complexity index is 964. The van der Waals surface area contributed by atoms with Gasteiger partial charge in [0.15, 0.2) is 0 Å². The van der Waals surface area contributed by atoms with Gasteiger partial charge in [0.1, 0.15) is 5.82 Å². The SMILES string of the molecule is Cc1nn(-c2cc(F)c(C(N)=O)c(C[C@H]3CCC[C@@H]3O)c2)c2c1CCC(C)(C)C2. The van der Waals surface area contributed by atoms with Gasteiger partial charge in [-0.3, -0.25) is 4.79 Å². The molecule has 0 bridgehead atoms. The standard InChI is InChI=1S/C23H30FN3O2/c1-13-17-7-8-23(2,3)12-19(17)27(26-13)16-10-15(9-14-5-4-6-20(14)28)21(22(25)29)18(24)11-16/h10-11,14,20,28H,4-9,12H2,1-3H3,(H2,25,29)/t14-,20+/m1/s1. The maximum atomic E-state index is 15.0. The van der Waals surface area contributed by atoms with Gasteiger partial charge in [-0.25, -0.2) is 9.07 Å². The molecular weight excluding hydrogens is 369 g/mol. The minimum absolute atomic E-state index is 0.0231. The van der Waals surface area contributed by atoms with Crippen LogP contribution < -0.4 is 5.73 Å². The van der Waals surface area contributed by atoms with Gasteiger partial charge in [0.05, 0.1) is 23.0 Å². The molecule has 156 valence electrons. The molecular formula is C23H30FN3O2. The number of benzene rings is 1. The first-order chi connectivity index (χ1) is 13.7. The number of fused-ring (bicyclic) bond motifs is 1. The molecule has 0 radical (unpaired) electrons. The fourth-order valence-corrected chi connectivity index (χ4v) is 5.08. The third kappa shape index (κ3) is 3.70. The van der Waals surface area contributed by atoms with E-state index in [1.54, 1.807) is 0 Å². The molecule has 1 aromatic carbocycles. The molecule has 0 spiro atoms. The number of halogens is 1. The number of aliphatic hydroxyl groups excluding tert-OH is 1. The number of amides is 1.